The van der Waals surface area contributed by atoms with Gasteiger partial charge in [0.05, 0.1) is 22.3 Å². The van der Waals surface area contributed by atoms with E-state index in [1.54, 1.807) is 37.4 Å². The zero-order chi connectivity index (χ0) is 23.5. The Morgan fingerprint density at radius 3 is 2.38 bits per heavy atom. The van der Waals surface area contributed by atoms with Crippen molar-refractivity contribution in [3.05, 3.63) is 58.9 Å². The van der Waals surface area contributed by atoms with Crippen LogP contribution in [0.5, 0.6) is 0 Å². The Morgan fingerprint density at radius 1 is 1.06 bits per heavy atom. The van der Waals surface area contributed by atoms with Gasteiger partial charge in [-0.05, 0) is 35.9 Å². The van der Waals surface area contributed by atoms with Crippen LogP contribution in [0.15, 0.2) is 47.4 Å². The number of hydrogen-bond donors (Lipinski definition) is 2. The minimum atomic E-state index is -3.56. The van der Waals surface area contributed by atoms with Crippen LogP contribution in [0.4, 0.5) is 0 Å². The Morgan fingerprint density at radius 2 is 1.72 bits per heavy atom. The van der Waals surface area contributed by atoms with E-state index >= 15 is 0 Å². The molecule has 0 saturated carbocycles. The molecule has 0 spiro atoms. The average Bonchev–Trinajstić information content (AvgIpc) is 3.07. The molecule has 0 aliphatic carbocycles. The van der Waals surface area contributed by atoms with Crippen LogP contribution in [-0.2, 0) is 39.5 Å². The maximum absolute atomic E-state index is 12.3. The van der Waals surface area contributed by atoms with Crippen LogP contribution in [0.1, 0.15) is 17.8 Å². The van der Waals surface area contributed by atoms with Crippen molar-refractivity contribution >= 4 is 44.5 Å². The molecule has 2 aromatic carbocycles. The molecule has 0 aliphatic rings. The van der Waals surface area contributed by atoms with Crippen molar-refractivity contribution in [3.63, 3.8) is 0 Å². The molecule has 32 heavy (non-hydrogen) atoms. The van der Waals surface area contributed by atoms with E-state index in [0.717, 1.165) is 15.4 Å². The molecule has 9 nitrogen and oxygen atoms in total. The molecule has 3 aromatic rings. The molecule has 0 bridgehead atoms. The molecule has 0 radical (unpaired) electrons. The van der Waals surface area contributed by atoms with E-state index in [1.807, 2.05) is 4.57 Å². The number of carbonyl (C=O) groups is 2. The van der Waals surface area contributed by atoms with Gasteiger partial charge in [-0.1, -0.05) is 23.7 Å². The summed E-state index contributed by atoms with van der Waals surface area (Å²) < 4.78 is 27.6. The molecule has 2 amide bonds. The fourth-order valence-electron chi connectivity index (χ4n) is 3.08. The second kappa shape index (κ2) is 9.68. The Bertz CT molecular complexity index is 1250. The first kappa shape index (κ1) is 23.7. The topological polar surface area (TPSA) is 113 Å². The highest BCUT2D eigenvalue weighted by Gasteiger charge is 2.19. The van der Waals surface area contributed by atoms with Gasteiger partial charge in [0.2, 0.25) is 21.8 Å². The molecule has 3 rings (SSSR count). The van der Waals surface area contributed by atoms with Crippen LogP contribution in [0.25, 0.3) is 11.0 Å². The summed E-state index contributed by atoms with van der Waals surface area (Å²) >= 11 is 5.82. The van der Waals surface area contributed by atoms with Crippen molar-refractivity contribution in [2.75, 3.05) is 14.1 Å². The van der Waals surface area contributed by atoms with Crippen molar-refractivity contribution in [3.8, 4) is 0 Å². The summed E-state index contributed by atoms with van der Waals surface area (Å²) in [6, 6.07) is 11.6. The molecule has 0 atom stereocenters. The second-order valence-corrected chi connectivity index (χ2v) is 10.0. The molecule has 0 fully saturated rings. The van der Waals surface area contributed by atoms with E-state index < -0.39 is 10.0 Å². The van der Waals surface area contributed by atoms with Gasteiger partial charge in [0.25, 0.3) is 0 Å². The van der Waals surface area contributed by atoms with Gasteiger partial charge in [-0.15, -0.1) is 0 Å². The van der Waals surface area contributed by atoms with E-state index in [0.29, 0.717) is 22.8 Å². The molecule has 0 aliphatic heterocycles. The Labute approximate surface area is 191 Å². The minimum absolute atomic E-state index is 0.0985. The SMILES string of the molecule is CN(C)S(=O)(=O)c1ccc2c(c1)nc(CCC(=O)NNC(=O)Cc1ccc(Cl)cc1)n2C. The van der Waals surface area contributed by atoms with Gasteiger partial charge in [-0.3, -0.25) is 20.4 Å². The lowest BCUT2D eigenvalue weighted by molar-refractivity contribution is -0.128. The smallest absolute Gasteiger partial charge is 0.242 e. The number of hydrogen-bond acceptors (Lipinski definition) is 5. The van der Waals surface area contributed by atoms with E-state index in [4.69, 9.17) is 11.6 Å². The number of aromatic nitrogens is 2. The summed E-state index contributed by atoms with van der Waals surface area (Å²) in [7, 11) is 1.17. The molecule has 170 valence electrons. The third-order valence-electron chi connectivity index (χ3n) is 4.92. The summed E-state index contributed by atoms with van der Waals surface area (Å²) in [6.07, 6.45) is 0.529. The lowest BCUT2D eigenvalue weighted by Gasteiger charge is -2.10. The van der Waals surface area contributed by atoms with Crippen LogP contribution in [0, 0.1) is 0 Å². The van der Waals surface area contributed by atoms with E-state index in [9.17, 15) is 18.0 Å². The van der Waals surface area contributed by atoms with Crippen LogP contribution in [0.3, 0.4) is 0 Å². The van der Waals surface area contributed by atoms with Gasteiger partial charge in [0, 0.05) is 39.0 Å². The quantitative estimate of drug-likeness (QED) is 0.504. The fourth-order valence-corrected chi connectivity index (χ4v) is 4.13. The maximum atomic E-state index is 12.3. The van der Waals surface area contributed by atoms with Crippen molar-refractivity contribution in [1.82, 2.24) is 24.7 Å². The lowest BCUT2D eigenvalue weighted by atomic mass is 10.1. The second-order valence-electron chi connectivity index (χ2n) is 7.42. The fraction of sp³-hybridized carbons (Fsp3) is 0.286. The van der Waals surface area contributed by atoms with Gasteiger partial charge in [0.1, 0.15) is 5.82 Å². The highest BCUT2D eigenvalue weighted by atomic mass is 35.5. The molecular formula is C21H24ClN5O4S. The van der Waals surface area contributed by atoms with Gasteiger partial charge >= 0.3 is 0 Å². The predicted molar refractivity (Wildman–Crippen MR) is 121 cm³/mol. The summed E-state index contributed by atoms with van der Waals surface area (Å²) in [5, 5.41) is 0.583. The molecule has 0 unspecified atom stereocenters. The number of halogens is 1. The first-order valence-electron chi connectivity index (χ1n) is 9.78. The van der Waals surface area contributed by atoms with Crippen LogP contribution < -0.4 is 10.9 Å². The Hall–Kier alpha value is -2.95. The van der Waals surface area contributed by atoms with Crippen LogP contribution >= 0.6 is 11.6 Å². The third-order valence-corrected chi connectivity index (χ3v) is 6.98. The molecule has 0 saturated heterocycles. The summed E-state index contributed by atoms with van der Waals surface area (Å²) in [4.78, 5) is 28.8. The molecular weight excluding hydrogens is 454 g/mol. The monoisotopic (exact) mass is 477 g/mol. The Balaban J connectivity index is 1.58. The van der Waals surface area contributed by atoms with E-state index in [-0.39, 0.29) is 29.6 Å². The number of aryl methyl sites for hydroxylation is 2. The number of rotatable bonds is 7. The largest absolute Gasteiger partial charge is 0.331 e. The van der Waals surface area contributed by atoms with Gasteiger partial charge < -0.3 is 4.57 Å². The van der Waals surface area contributed by atoms with Crippen molar-refractivity contribution in [2.45, 2.75) is 24.2 Å². The predicted octanol–water partition coefficient (Wildman–Crippen LogP) is 1.80. The number of fused-ring (bicyclic) bond motifs is 1. The van der Waals surface area contributed by atoms with Crippen molar-refractivity contribution in [1.29, 1.82) is 0 Å². The first-order chi connectivity index (χ1) is 15.1. The summed E-state index contributed by atoms with van der Waals surface area (Å²) in [5.74, 6) is -0.0857. The van der Waals surface area contributed by atoms with E-state index in [1.165, 1.54) is 26.2 Å². The lowest BCUT2D eigenvalue weighted by Crippen LogP contribution is -2.42. The highest BCUT2D eigenvalue weighted by molar-refractivity contribution is 7.89. The molecule has 2 N–H and O–H groups in total. The van der Waals surface area contributed by atoms with E-state index in [2.05, 4.69) is 15.8 Å². The number of imidazole rings is 1. The van der Waals surface area contributed by atoms with Crippen molar-refractivity contribution < 1.29 is 18.0 Å². The molecule has 1 aromatic heterocycles. The van der Waals surface area contributed by atoms with Crippen LogP contribution in [0.2, 0.25) is 5.02 Å². The van der Waals surface area contributed by atoms with Gasteiger partial charge in [-0.25, -0.2) is 17.7 Å². The average molecular weight is 478 g/mol. The van der Waals surface area contributed by atoms with Gasteiger partial charge in [0.15, 0.2) is 0 Å². The van der Waals surface area contributed by atoms with Gasteiger partial charge in [-0.2, -0.15) is 0 Å². The zero-order valence-corrected chi connectivity index (χ0v) is 19.5. The Kier molecular flexibility index (Phi) is 7.17. The number of nitrogens with one attached hydrogen (secondary N) is 2. The standard InChI is InChI=1S/C21H24ClN5O4S/c1-26(2)32(30,31)16-8-9-18-17(13-16)23-19(27(18)3)10-11-20(28)24-25-21(29)12-14-4-6-15(22)7-5-14/h4-9,13H,10-12H2,1-3H3,(H,24,28)(H,25,29). The maximum Gasteiger partial charge on any atom is 0.242 e. The molecule has 11 heteroatoms. The summed E-state index contributed by atoms with van der Waals surface area (Å²) in [5.41, 5.74) is 6.84. The molecule has 1 heterocycles. The number of nitrogens with zero attached hydrogens (tertiary/aromatic N) is 3. The normalized spacial score (nSPS) is 11.7. The van der Waals surface area contributed by atoms with Crippen LogP contribution in [-0.4, -0.2) is 48.2 Å². The highest BCUT2D eigenvalue weighted by Crippen LogP contribution is 2.21. The number of benzene rings is 2. The first-order valence-corrected chi connectivity index (χ1v) is 11.6. The zero-order valence-electron chi connectivity index (χ0n) is 17.9. The van der Waals surface area contributed by atoms with Crippen molar-refractivity contribution in [2.24, 2.45) is 7.05 Å². The number of hydrazine groups is 1. The third kappa shape index (κ3) is 5.45. The number of amides is 2. The number of sulfonamides is 1. The number of carbonyl (C=O) groups excluding carboxylic acids is 2. The minimum Gasteiger partial charge on any atom is -0.331 e. The summed E-state index contributed by atoms with van der Waals surface area (Å²) in [6.45, 7) is 0.